The fraction of sp³-hybridized carbons (Fsp3) is 0.190. The number of tetrazole rings is 1. The zero-order chi connectivity index (χ0) is 23.0. The Morgan fingerprint density at radius 1 is 1.06 bits per heavy atom. The maximum Gasteiger partial charge on any atom is 0.431 e. The Morgan fingerprint density at radius 2 is 1.88 bits per heavy atom. The van der Waals surface area contributed by atoms with Gasteiger partial charge in [-0.3, -0.25) is 0 Å². The number of aromatic nitrogens is 8. The van der Waals surface area contributed by atoms with E-state index in [0.29, 0.717) is 12.2 Å². The number of anilines is 1. The molecular formula is C21H18F3N9. The van der Waals surface area contributed by atoms with Gasteiger partial charge in [0.25, 0.3) is 0 Å². The van der Waals surface area contributed by atoms with Gasteiger partial charge in [-0.1, -0.05) is 19.1 Å². The number of alkyl halides is 3. The third-order valence-corrected chi connectivity index (χ3v) is 5.20. The van der Waals surface area contributed by atoms with Gasteiger partial charge in [0.05, 0.1) is 11.9 Å². The number of rotatable bonds is 6. The van der Waals surface area contributed by atoms with Crippen LogP contribution in [0.25, 0.3) is 22.9 Å². The molecule has 5 rings (SSSR count). The Morgan fingerprint density at radius 3 is 2.58 bits per heavy atom. The lowest BCUT2D eigenvalue weighted by molar-refractivity contribution is -0.142. The minimum Gasteiger partial charge on any atom is -0.366 e. The fourth-order valence-electron chi connectivity index (χ4n) is 3.62. The molecule has 0 spiro atoms. The molecule has 0 aliphatic carbocycles. The first-order chi connectivity index (χ1) is 15.9. The van der Waals surface area contributed by atoms with E-state index in [1.165, 1.54) is 6.07 Å². The highest BCUT2D eigenvalue weighted by Crippen LogP contribution is 2.35. The summed E-state index contributed by atoms with van der Waals surface area (Å²) in [5.74, 6) is 0.930. The van der Waals surface area contributed by atoms with Crippen molar-refractivity contribution in [2.75, 3.05) is 5.32 Å². The molecule has 1 aromatic carbocycles. The number of hydrogen-bond acceptors (Lipinski definition) is 6. The monoisotopic (exact) mass is 453 g/mol. The summed E-state index contributed by atoms with van der Waals surface area (Å²) in [4.78, 5) is 4.52. The number of nitrogens with one attached hydrogen (secondary N) is 2. The number of aryl methyl sites for hydroxylation is 1. The molecule has 0 bridgehead atoms. The predicted octanol–water partition coefficient (Wildman–Crippen LogP) is 3.89. The number of halogens is 3. The van der Waals surface area contributed by atoms with Crippen LogP contribution in [0.2, 0.25) is 0 Å². The maximum absolute atomic E-state index is 13.6. The topological polar surface area (TPSA) is 102 Å². The Kier molecular flexibility index (Phi) is 5.04. The highest BCUT2D eigenvalue weighted by molar-refractivity contribution is 5.57. The normalized spacial score (nSPS) is 11.9. The second-order valence-electron chi connectivity index (χ2n) is 7.29. The molecule has 0 radical (unpaired) electrons. The highest BCUT2D eigenvalue weighted by atomic mass is 19.4. The number of benzene rings is 1. The molecule has 168 valence electrons. The zero-order valence-corrected chi connectivity index (χ0v) is 17.4. The average Bonchev–Trinajstić information content (AvgIpc) is 3.57. The van der Waals surface area contributed by atoms with Gasteiger partial charge in [-0.2, -0.15) is 22.8 Å². The SMILES string of the molecule is CCc1cc(NCc2ccc(-n3c(-c4nnn[nH]4)ccc3C(F)(F)F)cc2)n2nccc2n1. The average molecular weight is 453 g/mol. The molecule has 0 saturated carbocycles. The van der Waals surface area contributed by atoms with E-state index in [1.807, 2.05) is 19.1 Å². The molecule has 33 heavy (non-hydrogen) atoms. The van der Waals surface area contributed by atoms with Crippen LogP contribution >= 0.6 is 0 Å². The van der Waals surface area contributed by atoms with Crippen molar-refractivity contribution in [3.05, 3.63) is 71.7 Å². The van der Waals surface area contributed by atoms with Gasteiger partial charge >= 0.3 is 6.18 Å². The molecular weight excluding hydrogens is 435 g/mol. The molecule has 0 amide bonds. The van der Waals surface area contributed by atoms with E-state index < -0.39 is 11.9 Å². The quantitative estimate of drug-likeness (QED) is 0.405. The van der Waals surface area contributed by atoms with Crippen molar-refractivity contribution in [2.24, 2.45) is 0 Å². The molecule has 0 aliphatic heterocycles. The van der Waals surface area contributed by atoms with Gasteiger partial charge < -0.3 is 9.88 Å². The minimum absolute atomic E-state index is 0.142. The van der Waals surface area contributed by atoms with Crippen LogP contribution in [-0.2, 0) is 19.1 Å². The molecule has 0 fully saturated rings. The molecule has 0 atom stereocenters. The third kappa shape index (κ3) is 3.90. The van der Waals surface area contributed by atoms with E-state index in [2.05, 4.69) is 36.0 Å². The smallest absolute Gasteiger partial charge is 0.366 e. The van der Waals surface area contributed by atoms with E-state index in [4.69, 9.17) is 0 Å². The standard InChI is InChI=1S/C21H18F3N9/c1-2-14-11-19(33-18(27-14)9-10-26-33)25-12-13-3-5-15(6-4-13)32-16(20-28-30-31-29-20)7-8-17(32)21(22,23)24/h3-11,25H,2,12H2,1H3,(H,28,29,30,31). The summed E-state index contributed by atoms with van der Waals surface area (Å²) < 4.78 is 43.7. The van der Waals surface area contributed by atoms with Crippen molar-refractivity contribution in [3.63, 3.8) is 0 Å². The van der Waals surface area contributed by atoms with E-state index in [9.17, 15) is 13.2 Å². The van der Waals surface area contributed by atoms with Gasteiger partial charge in [0.2, 0.25) is 0 Å². The third-order valence-electron chi connectivity index (χ3n) is 5.20. The molecule has 4 heterocycles. The molecule has 2 N–H and O–H groups in total. The Labute approximate surface area is 185 Å². The highest BCUT2D eigenvalue weighted by Gasteiger charge is 2.36. The zero-order valence-electron chi connectivity index (χ0n) is 17.4. The van der Waals surface area contributed by atoms with E-state index >= 15 is 0 Å². The lowest BCUT2D eigenvalue weighted by Crippen LogP contribution is -2.13. The summed E-state index contributed by atoms with van der Waals surface area (Å²) >= 11 is 0. The van der Waals surface area contributed by atoms with Gasteiger partial charge in [-0.25, -0.2) is 10.1 Å². The minimum atomic E-state index is -4.54. The first-order valence-electron chi connectivity index (χ1n) is 10.1. The first-order valence-corrected chi connectivity index (χ1v) is 10.1. The van der Waals surface area contributed by atoms with Gasteiger partial charge in [0.1, 0.15) is 11.5 Å². The summed E-state index contributed by atoms with van der Waals surface area (Å²) in [5.41, 5.74) is 2.30. The molecule has 12 heteroatoms. The second kappa shape index (κ2) is 8.04. The van der Waals surface area contributed by atoms with E-state index in [1.54, 1.807) is 35.0 Å². The molecule has 0 unspecified atom stereocenters. The van der Waals surface area contributed by atoms with E-state index in [0.717, 1.165) is 39.8 Å². The van der Waals surface area contributed by atoms with Crippen molar-refractivity contribution in [3.8, 4) is 17.2 Å². The second-order valence-corrected chi connectivity index (χ2v) is 7.29. The van der Waals surface area contributed by atoms with Gasteiger partial charge in [0, 0.05) is 30.1 Å². The van der Waals surface area contributed by atoms with Crippen LogP contribution in [-0.4, -0.2) is 39.8 Å². The van der Waals surface area contributed by atoms with Gasteiger partial charge in [-0.15, -0.1) is 5.10 Å². The summed E-state index contributed by atoms with van der Waals surface area (Å²) in [7, 11) is 0. The Bertz CT molecular complexity index is 1380. The van der Waals surface area contributed by atoms with Crippen LogP contribution in [0.4, 0.5) is 19.0 Å². The van der Waals surface area contributed by atoms with Crippen LogP contribution in [0, 0.1) is 0 Å². The molecule has 0 aliphatic rings. The maximum atomic E-state index is 13.6. The van der Waals surface area contributed by atoms with Gasteiger partial charge in [-0.05, 0) is 46.7 Å². The number of fused-ring (bicyclic) bond motifs is 1. The van der Waals surface area contributed by atoms with Crippen molar-refractivity contribution in [1.29, 1.82) is 0 Å². The van der Waals surface area contributed by atoms with Crippen LogP contribution < -0.4 is 5.32 Å². The Balaban J connectivity index is 1.43. The summed E-state index contributed by atoms with van der Waals surface area (Å²) in [6.07, 6.45) is -2.08. The Hall–Kier alpha value is -4.22. The van der Waals surface area contributed by atoms with E-state index in [-0.39, 0.29) is 11.5 Å². The summed E-state index contributed by atoms with van der Waals surface area (Å²) in [6, 6.07) is 12.9. The predicted molar refractivity (Wildman–Crippen MR) is 114 cm³/mol. The fourth-order valence-corrected chi connectivity index (χ4v) is 3.62. The molecule has 9 nitrogen and oxygen atoms in total. The van der Waals surface area contributed by atoms with Crippen molar-refractivity contribution in [1.82, 2.24) is 39.8 Å². The largest absolute Gasteiger partial charge is 0.431 e. The lowest BCUT2D eigenvalue weighted by atomic mass is 10.2. The van der Waals surface area contributed by atoms with Crippen LogP contribution in [0.3, 0.4) is 0 Å². The summed E-state index contributed by atoms with van der Waals surface area (Å²) in [6.45, 7) is 2.48. The number of hydrogen-bond donors (Lipinski definition) is 2. The van der Waals surface area contributed by atoms with Crippen LogP contribution in [0.15, 0.2) is 54.7 Å². The lowest BCUT2D eigenvalue weighted by Gasteiger charge is -2.15. The summed E-state index contributed by atoms with van der Waals surface area (Å²) in [5, 5.41) is 20.8. The van der Waals surface area contributed by atoms with Crippen LogP contribution in [0.5, 0.6) is 0 Å². The van der Waals surface area contributed by atoms with Crippen molar-refractivity contribution >= 4 is 11.5 Å². The molecule has 5 aromatic rings. The number of nitrogens with zero attached hydrogens (tertiary/aromatic N) is 7. The van der Waals surface area contributed by atoms with Gasteiger partial charge in [0.15, 0.2) is 11.5 Å². The van der Waals surface area contributed by atoms with Crippen molar-refractivity contribution in [2.45, 2.75) is 26.1 Å². The van der Waals surface area contributed by atoms with Crippen molar-refractivity contribution < 1.29 is 13.2 Å². The molecule has 4 aromatic heterocycles. The molecule has 0 saturated heterocycles. The number of H-pyrrole nitrogens is 1. The van der Waals surface area contributed by atoms with Crippen LogP contribution in [0.1, 0.15) is 23.9 Å². The first kappa shape index (κ1) is 20.7. The number of aromatic amines is 1.